The van der Waals surface area contributed by atoms with Gasteiger partial charge in [-0.25, -0.2) is 0 Å². The first-order chi connectivity index (χ1) is 12.5. The second-order valence-corrected chi connectivity index (χ2v) is 7.31. The third-order valence-electron chi connectivity index (χ3n) is 3.76. The van der Waals surface area contributed by atoms with Crippen molar-refractivity contribution < 1.29 is 0 Å². The molecule has 130 valence electrons. The van der Waals surface area contributed by atoms with E-state index < -0.39 is 0 Å². The highest BCUT2D eigenvalue weighted by atomic mass is 35.5. The van der Waals surface area contributed by atoms with E-state index in [2.05, 4.69) is 24.3 Å². The van der Waals surface area contributed by atoms with Gasteiger partial charge in [-0.2, -0.15) is 0 Å². The molecule has 0 aliphatic heterocycles. The first-order valence-electron chi connectivity index (χ1n) is 7.87. The molecule has 0 atom stereocenters. The molecule has 0 unspecified atom stereocenters. The largest absolute Gasteiger partial charge is 0.0827 e. The SMILES string of the molecule is Clc1ccc(C=Cc2ccc(C=Cc3ccc(Cl)c(Cl)c3)cc2)cc1Cl. The number of halogens is 4. The minimum absolute atomic E-state index is 0.552. The van der Waals surface area contributed by atoms with Gasteiger partial charge in [-0.1, -0.05) is 107 Å². The second kappa shape index (κ2) is 8.79. The molecule has 0 N–H and O–H groups in total. The Bertz CT molecular complexity index is 889. The highest BCUT2D eigenvalue weighted by Gasteiger charge is 1.98. The third-order valence-corrected chi connectivity index (χ3v) is 5.24. The fourth-order valence-corrected chi connectivity index (χ4v) is 2.95. The predicted octanol–water partition coefficient (Wildman–Crippen LogP) is 8.64. The fraction of sp³-hybridized carbons (Fsp3) is 0. The van der Waals surface area contributed by atoms with Crippen LogP contribution in [-0.4, -0.2) is 0 Å². The van der Waals surface area contributed by atoms with Crippen molar-refractivity contribution in [1.82, 2.24) is 0 Å². The van der Waals surface area contributed by atoms with Crippen molar-refractivity contribution in [3.8, 4) is 0 Å². The lowest BCUT2D eigenvalue weighted by Gasteiger charge is -2.00. The molecule has 0 fully saturated rings. The smallest absolute Gasteiger partial charge is 0.0598 e. The molecule has 26 heavy (non-hydrogen) atoms. The van der Waals surface area contributed by atoms with Gasteiger partial charge in [0.1, 0.15) is 0 Å². The summed E-state index contributed by atoms with van der Waals surface area (Å²) in [5.41, 5.74) is 4.21. The van der Waals surface area contributed by atoms with Crippen molar-refractivity contribution in [3.05, 3.63) is 103 Å². The zero-order valence-electron chi connectivity index (χ0n) is 13.6. The van der Waals surface area contributed by atoms with Crippen LogP contribution in [0, 0.1) is 0 Å². The Kier molecular flexibility index (Phi) is 6.45. The normalized spacial score (nSPS) is 11.5. The number of benzene rings is 3. The van der Waals surface area contributed by atoms with Crippen LogP contribution in [0.1, 0.15) is 22.3 Å². The van der Waals surface area contributed by atoms with Gasteiger partial charge in [0.25, 0.3) is 0 Å². The average Bonchev–Trinajstić information content (AvgIpc) is 2.64. The highest BCUT2D eigenvalue weighted by molar-refractivity contribution is 6.42. The van der Waals surface area contributed by atoms with Gasteiger partial charge in [-0.05, 0) is 46.5 Å². The van der Waals surface area contributed by atoms with Crippen molar-refractivity contribution in [2.24, 2.45) is 0 Å². The van der Waals surface area contributed by atoms with E-state index in [0.29, 0.717) is 20.1 Å². The molecule has 0 aliphatic rings. The zero-order chi connectivity index (χ0) is 18.5. The Morgan fingerprint density at radius 3 is 1.04 bits per heavy atom. The quantitative estimate of drug-likeness (QED) is 0.371. The lowest BCUT2D eigenvalue weighted by molar-refractivity contribution is 1.61. The Hall–Kier alpha value is -1.70. The van der Waals surface area contributed by atoms with Gasteiger partial charge in [-0.3, -0.25) is 0 Å². The Balaban J connectivity index is 1.69. The van der Waals surface area contributed by atoms with Gasteiger partial charge < -0.3 is 0 Å². The summed E-state index contributed by atoms with van der Waals surface area (Å²) in [4.78, 5) is 0. The first-order valence-corrected chi connectivity index (χ1v) is 9.39. The molecule has 0 radical (unpaired) electrons. The molecule has 0 bridgehead atoms. The second-order valence-electron chi connectivity index (χ2n) is 5.68. The van der Waals surface area contributed by atoms with E-state index in [1.54, 1.807) is 12.1 Å². The van der Waals surface area contributed by atoms with E-state index in [-0.39, 0.29) is 0 Å². The molecule has 0 saturated heterocycles. The van der Waals surface area contributed by atoms with Gasteiger partial charge >= 0.3 is 0 Å². The van der Waals surface area contributed by atoms with Gasteiger partial charge in [0, 0.05) is 0 Å². The summed E-state index contributed by atoms with van der Waals surface area (Å²) in [5.74, 6) is 0. The van der Waals surface area contributed by atoms with Gasteiger partial charge in [0.2, 0.25) is 0 Å². The Morgan fingerprint density at radius 2 is 0.692 bits per heavy atom. The molecule has 0 saturated carbocycles. The predicted molar refractivity (Wildman–Crippen MR) is 117 cm³/mol. The van der Waals surface area contributed by atoms with E-state index in [1.807, 2.05) is 48.6 Å². The van der Waals surface area contributed by atoms with Crippen LogP contribution in [0.25, 0.3) is 24.3 Å². The van der Waals surface area contributed by atoms with E-state index in [9.17, 15) is 0 Å². The molecule has 4 heteroatoms. The van der Waals surface area contributed by atoms with E-state index in [0.717, 1.165) is 22.3 Å². The van der Waals surface area contributed by atoms with Gasteiger partial charge in [0.15, 0.2) is 0 Å². The van der Waals surface area contributed by atoms with Crippen LogP contribution >= 0.6 is 46.4 Å². The van der Waals surface area contributed by atoms with Crippen molar-refractivity contribution in [2.45, 2.75) is 0 Å². The molecule has 0 amide bonds. The maximum atomic E-state index is 6.03. The molecule has 3 aromatic rings. The van der Waals surface area contributed by atoms with E-state index >= 15 is 0 Å². The molecule has 3 rings (SSSR count). The number of rotatable bonds is 4. The van der Waals surface area contributed by atoms with Crippen molar-refractivity contribution in [2.75, 3.05) is 0 Å². The molecule has 0 nitrogen and oxygen atoms in total. The van der Waals surface area contributed by atoms with Crippen LogP contribution < -0.4 is 0 Å². The molecule has 0 aliphatic carbocycles. The molecule has 0 spiro atoms. The van der Waals surface area contributed by atoms with Crippen LogP contribution in [0.3, 0.4) is 0 Å². The minimum Gasteiger partial charge on any atom is -0.0827 e. The van der Waals surface area contributed by atoms with Crippen LogP contribution in [0.5, 0.6) is 0 Å². The van der Waals surface area contributed by atoms with E-state index in [4.69, 9.17) is 46.4 Å². The first kappa shape index (κ1) is 19.1. The monoisotopic (exact) mass is 418 g/mol. The topological polar surface area (TPSA) is 0 Å². The van der Waals surface area contributed by atoms with E-state index in [1.165, 1.54) is 0 Å². The Morgan fingerprint density at radius 1 is 0.385 bits per heavy atom. The van der Waals surface area contributed by atoms with Gasteiger partial charge in [0.05, 0.1) is 20.1 Å². The number of hydrogen-bond donors (Lipinski definition) is 0. The maximum Gasteiger partial charge on any atom is 0.0598 e. The standard InChI is InChI=1S/C22H14Cl4/c23-19-11-9-17(13-21(19)25)7-5-15-1-2-16(4-3-15)6-8-18-10-12-20(24)22(26)14-18/h1-14H. The molecule has 3 aromatic carbocycles. The van der Waals surface area contributed by atoms with Crippen LogP contribution in [0.2, 0.25) is 20.1 Å². The summed E-state index contributed by atoms with van der Waals surface area (Å²) in [6.45, 7) is 0. The van der Waals surface area contributed by atoms with Crippen molar-refractivity contribution in [1.29, 1.82) is 0 Å². The Labute approximate surface area is 173 Å². The molecule has 0 heterocycles. The summed E-state index contributed by atoms with van der Waals surface area (Å²) in [6, 6.07) is 19.4. The minimum atomic E-state index is 0.552. The third kappa shape index (κ3) is 5.16. The van der Waals surface area contributed by atoms with Crippen LogP contribution in [0.15, 0.2) is 60.7 Å². The lowest BCUT2D eigenvalue weighted by Crippen LogP contribution is -1.77. The average molecular weight is 420 g/mol. The lowest BCUT2D eigenvalue weighted by atomic mass is 10.1. The van der Waals surface area contributed by atoms with Gasteiger partial charge in [-0.15, -0.1) is 0 Å². The summed E-state index contributed by atoms with van der Waals surface area (Å²) in [5, 5.41) is 2.22. The molecular formula is C22H14Cl4. The molecular weight excluding hydrogens is 406 g/mol. The van der Waals surface area contributed by atoms with Crippen LogP contribution in [-0.2, 0) is 0 Å². The molecule has 0 aromatic heterocycles. The zero-order valence-corrected chi connectivity index (χ0v) is 16.6. The summed E-state index contributed by atoms with van der Waals surface area (Å²) >= 11 is 23.9. The fourth-order valence-electron chi connectivity index (χ4n) is 2.34. The van der Waals surface area contributed by atoms with Crippen LogP contribution in [0.4, 0.5) is 0 Å². The summed E-state index contributed by atoms with van der Waals surface area (Å²) < 4.78 is 0. The van der Waals surface area contributed by atoms with Crippen molar-refractivity contribution >= 4 is 70.7 Å². The number of hydrogen-bond acceptors (Lipinski definition) is 0. The summed E-state index contributed by atoms with van der Waals surface area (Å²) in [7, 11) is 0. The maximum absolute atomic E-state index is 6.03. The van der Waals surface area contributed by atoms with Crippen molar-refractivity contribution in [3.63, 3.8) is 0 Å². The highest BCUT2D eigenvalue weighted by Crippen LogP contribution is 2.24. The summed E-state index contributed by atoms with van der Waals surface area (Å²) in [6.07, 6.45) is 8.07.